The normalized spacial score (nSPS) is 10.7. The third-order valence-electron chi connectivity index (χ3n) is 4.27. The molecule has 0 unspecified atom stereocenters. The smallest absolute Gasteiger partial charge is 0.326 e. The van der Waals surface area contributed by atoms with Gasteiger partial charge in [0.15, 0.2) is 11.6 Å². The zero-order valence-electron chi connectivity index (χ0n) is 16.3. The first kappa shape index (κ1) is 23.9. The van der Waals surface area contributed by atoms with Gasteiger partial charge in [0.1, 0.15) is 28.8 Å². The fourth-order valence-corrected chi connectivity index (χ4v) is 2.79. The van der Waals surface area contributed by atoms with Crippen molar-refractivity contribution in [2.45, 2.75) is 6.92 Å². The average Bonchev–Trinajstić information content (AvgIpc) is 2.75. The van der Waals surface area contributed by atoms with Crippen LogP contribution in [0.4, 0.5) is 36.8 Å². The molecule has 0 aliphatic carbocycles. The number of rotatable bonds is 4. The van der Waals surface area contributed by atoms with Crippen LogP contribution in [0.5, 0.6) is 11.5 Å². The number of carbonyl (C=O) groups is 2. The molecule has 0 aliphatic heterocycles. The molecular formula is C21H11ClF6N2O3. The highest BCUT2D eigenvalue weighted by Crippen LogP contribution is 2.36. The van der Waals surface area contributed by atoms with Gasteiger partial charge in [-0.15, -0.1) is 0 Å². The summed E-state index contributed by atoms with van der Waals surface area (Å²) in [6.07, 6.45) is 0. The lowest BCUT2D eigenvalue weighted by molar-refractivity contribution is 0.0959. The maximum Gasteiger partial charge on any atom is 0.326 e. The van der Waals surface area contributed by atoms with E-state index in [1.807, 2.05) is 5.32 Å². The Hall–Kier alpha value is -3.73. The molecule has 0 fully saturated rings. The van der Waals surface area contributed by atoms with Crippen molar-refractivity contribution < 1.29 is 40.7 Å². The second kappa shape index (κ2) is 9.41. The third-order valence-corrected chi connectivity index (χ3v) is 4.72. The van der Waals surface area contributed by atoms with Crippen molar-refractivity contribution in [1.29, 1.82) is 0 Å². The first-order chi connectivity index (χ1) is 15.5. The van der Waals surface area contributed by atoms with E-state index < -0.39 is 80.2 Å². The van der Waals surface area contributed by atoms with Gasteiger partial charge in [-0.05, 0) is 31.2 Å². The molecule has 2 N–H and O–H groups in total. The van der Waals surface area contributed by atoms with Crippen molar-refractivity contribution in [1.82, 2.24) is 5.32 Å². The Kier molecular flexibility index (Phi) is 6.82. The number of hydrogen-bond donors (Lipinski definition) is 2. The van der Waals surface area contributed by atoms with Crippen molar-refractivity contribution in [2.75, 3.05) is 5.32 Å². The maximum absolute atomic E-state index is 14.3. The van der Waals surface area contributed by atoms with Gasteiger partial charge < -0.3 is 10.1 Å². The number of anilines is 1. The Bertz CT molecular complexity index is 1240. The lowest BCUT2D eigenvalue weighted by Gasteiger charge is -2.13. The molecular weight excluding hydrogens is 478 g/mol. The molecule has 0 heterocycles. The molecule has 3 aromatic carbocycles. The summed E-state index contributed by atoms with van der Waals surface area (Å²) < 4.78 is 88.3. The molecule has 0 saturated carbocycles. The summed E-state index contributed by atoms with van der Waals surface area (Å²) in [4.78, 5) is 23.8. The summed E-state index contributed by atoms with van der Waals surface area (Å²) in [6.45, 7) is 1.05. The lowest BCUT2D eigenvalue weighted by Crippen LogP contribution is -2.35. The van der Waals surface area contributed by atoms with Gasteiger partial charge in [-0.3, -0.25) is 10.1 Å². The quantitative estimate of drug-likeness (QED) is 0.337. The van der Waals surface area contributed by atoms with Crippen LogP contribution in [0.1, 0.15) is 15.9 Å². The highest BCUT2D eigenvalue weighted by molar-refractivity contribution is 6.31. The second-order valence-electron chi connectivity index (χ2n) is 6.46. The minimum Gasteiger partial charge on any atom is -0.451 e. The fraction of sp³-hybridized carbons (Fsp3) is 0.0476. The summed E-state index contributed by atoms with van der Waals surface area (Å²) in [7, 11) is 0. The highest BCUT2D eigenvalue weighted by Gasteiger charge is 2.24. The Morgan fingerprint density at radius 3 is 2.12 bits per heavy atom. The molecule has 0 bridgehead atoms. The first-order valence-electron chi connectivity index (χ1n) is 8.87. The molecule has 3 rings (SSSR count). The predicted octanol–water partition coefficient (Wildman–Crippen LogP) is 6.24. The number of nitrogens with one attached hydrogen (secondary N) is 2. The molecule has 5 nitrogen and oxygen atoms in total. The van der Waals surface area contributed by atoms with Gasteiger partial charge in [-0.25, -0.2) is 26.7 Å². The van der Waals surface area contributed by atoms with Crippen LogP contribution in [0.25, 0.3) is 0 Å². The van der Waals surface area contributed by atoms with Gasteiger partial charge in [0.2, 0.25) is 11.6 Å². The van der Waals surface area contributed by atoms with Crippen molar-refractivity contribution >= 4 is 29.2 Å². The standard InChI is InChI=1S/C21H11ClF6N2O3/c1-8-15(22)17(27)19(18(28)16(8)26)33-9-5-6-13(12(25)7-9)29-21(32)30-20(31)14-10(23)3-2-4-11(14)24/h2-7H,1H3,(H2,29,30,31,32). The summed E-state index contributed by atoms with van der Waals surface area (Å²) in [5.74, 6) is -11.3. The van der Waals surface area contributed by atoms with E-state index in [4.69, 9.17) is 16.3 Å². The van der Waals surface area contributed by atoms with Gasteiger partial charge in [0, 0.05) is 11.6 Å². The minimum atomic E-state index is -1.68. The number of imide groups is 1. The van der Waals surface area contributed by atoms with Crippen LogP contribution in [0.2, 0.25) is 5.02 Å². The molecule has 3 aromatic rings. The van der Waals surface area contributed by atoms with E-state index in [9.17, 15) is 35.9 Å². The Labute approximate surface area is 186 Å². The molecule has 33 heavy (non-hydrogen) atoms. The zero-order chi connectivity index (χ0) is 24.4. The maximum atomic E-state index is 14.3. The van der Waals surface area contributed by atoms with E-state index >= 15 is 0 Å². The van der Waals surface area contributed by atoms with Crippen molar-refractivity contribution in [2.24, 2.45) is 0 Å². The van der Waals surface area contributed by atoms with Gasteiger partial charge in [-0.2, -0.15) is 4.39 Å². The van der Waals surface area contributed by atoms with Crippen LogP contribution < -0.4 is 15.4 Å². The molecule has 0 aliphatic rings. The Morgan fingerprint density at radius 2 is 1.52 bits per heavy atom. The van der Waals surface area contributed by atoms with Crippen molar-refractivity contribution in [3.05, 3.63) is 87.5 Å². The van der Waals surface area contributed by atoms with Crippen molar-refractivity contribution in [3.8, 4) is 11.5 Å². The summed E-state index contributed by atoms with van der Waals surface area (Å²) in [5, 5.41) is 2.81. The van der Waals surface area contributed by atoms with Crippen LogP contribution >= 0.6 is 11.6 Å². The monoisotopic (exact) mass is 488 g/mol. The first-order valence-corrected chi connectivity index (χ1v) is 9.25. The van der Waals surface area contributed by atoms with Crippen LogP contribution in [0.3, 0.4) is 0 Å². The van der Waals surface area contributed by atoms with E-state index in [0.717, 1.165) is 37.3 Å². The van der Waals surface area contributed by atoms with Crippen molar-refractivity contribution in [3.63, 3.8) is 0 Å². The SMILES string of the molecule is Cc1c(F)c(F)c(Oc2ccc(NC(=O)NC(=O)c3c(F)cccc3F)c(F)c2)c(F)c1Cl. The van der Waals surface area contributed by atoms with E-state index in [-0.39, 0.29) is 0 Å². The lowest BCUT2D eigenvalue weighted by atomic mass is 10.2. The van der Waals surface area contributed by atoms with E-state index in [1.54, 1.807) is 5.32 Å². The summed E-state index contributed by atoms with van der Waals surface area (Å²) >= 11 is 5.58. The predicted molar refractivity (Wildman–Crippen MR) is 105 cm³/mol. The van der Waals surface area contributed by atoms with E-state index in [2.05, 4.69) is 0 Å². The molecule has 172 valence electrons. The average molecular weight is 489 g/mol. The zero-order valence-corrected chi connectivity index (χ0v) is 17.1. The number of ether oxygens (including phenoxy) is 1. The Balaban J connectivity index is 1.75. The van der Waals surface area contributed by atoms with Gasteiger partial charge in [0.25, 0.3) is 5.91 Å². The van der Waals surface area contributed by atoms with Crippen LogP contribution in [-0.4, -0.2) is 11.9 Å². The Morgan fingerprint density at radius 1 is 0.879 bits per heavy atom. The minimum absolute atomic E-state index is 0.486. The highest BCUT2D eigenvalue weighted by atomic mass is 35.5. The molecule has 0 radical (unpaired) electrons. The summed E-state index contributed by atoms with van der Waals surface area (Å²) in [6, 6.07) is 3.72. The molecule has 0 spiro atoms. The number of amides is 3. The molecule has 0 saturated heterocycles. The number of urea groups is 1. The van der Waals surface area contributed by atoms with E-state index in [0.29, 0.717) is 6.07 Å². The number of carbonyl (C=O) groups excluding carboxylic acids is 2. The van der Waals surface area contributed by atoms with Crippen LogP contribution in [0, 0.1) is 41.8 Å². The number of benzene rings is 3. The number of hydrogen-bond acceptors (Lipinski definition) is 3. The van der Waals surface area contributed by atoms with Crippen LogP contribution in [0.15, 0.2) is 36.4 Å². The fourth-order valence-electron chi connectivity index (χ4n) is 2.62. The summed E-state index contributed by atoms with van der Waals surface area (Å²) in [5.41, 5.74) is -2.04. The second-order valence-corrected chi connectivity index (χ2v) is 6.84. The van der Waals surface area contributed by atoms with Gasteiger partial charge >= 0.3 is 6.03 Å². The van der Waals surface area contributed by atoms with E-state index in [1.165, 1.54) is 0 Å². The molecule has 3 amide bonds. The molecule has 0 aromatic heterocycles. The topological polar surface area (TPSA) is 67.4 Å². The van der Waals surface area contributed by atoms with Crippen LogP contribution in [-0.2, 0) is 0 Å². The number of halogens is 7. The molecule has 12 heteroatoms. The van der Waals surface area contributed by atoms with Gasteiger partial charge in [0.05, 0.1) is 10.7 Å². The van der Waals surface area contributed by atoms with Gasteiger partial charge in [-0.1, -0.05) is 17.7 Å². The third kappa shape index (κ3) is 4.87. The largest absolute Gasteiger partial charge is 0.451 e. The molecule has 0 atom stereocenters.